The molecule has 2 N–H and O–H groups in total. The van der Waals surface area contributed by atoms with Gasteiger partial charge in [-0.2, -0.15) is 0 Å². The minimum atomic E-state index is -0.384. The minimum Gasteiger partial charge on any atom is -0.341 e. The van der Waals surface area contributed by atoms with Crippen molar-refractivity contribution >= 4 is 17.2 Å². The Morgan fingerprint density at radius 2 is 2.17 bits per heavy atom. The van der Waals surface area contributed by atoms with Gasteiger partial charge in [0.05, 0.1) is 6.04 Å². The second-order valence-electron chi connectivity index (χ2n) is 4.99. The average Bonchev–Trinajstić information content (AvgIpc) is 2.87. The van der Waals surface area contributed by atoms with Crippen LogP contribution >= 0.6 is 11.3 Å². The lowest BCUT2D eigenvalue weighted by Crippen LogP contribution is -2.48. The van der Waals surface area contributed by atoms with Crippen molar-refractivity contribution in [1.82, 2.24) is 4.90 Å². The summed E-state index contributed by atoms with van der Waals surface area (Å²) in [5.41, 5.74) is 5.99. The van der Waals surface area contributed by atoms with Gasteiger partial charge in [0, 0.05) is 24.4 Å². The summed E-state index contributed by atoms with van der Waals surface area (Å²) in [7, 11) is 1.85. The number of nitrogens with two attached hydrogens (primary N) is 1. The molecule has 1 aromatic heterocycles. The van der Waals surface area contributed by atoms with Gasteiger partial charge in [0.25, 0.3) is 0 Å². The molecule has 0 aromatic carbocycles. The molecular formula is C14H24N2OS. The highest BCUT2D eigenvalue weighted by atomic mass is 32.1. The number of amides is 1. The van der Waals surface area contributed by atoms with E-state index >= 15 is 0 Å². The molecule has 18 heavy (non-hydrogen) atoms. The molecule has 0 saturated carbocycles. The Morgan fingerprint density at radius 3 is 2.67 bits per heavy atom. The number of carbonyl (C=O) groups is 1. The first-order valence-electron chi connectivity index (χ1n) is 6.52. The summed E-state index contributed by atoms with van der Waals surface area (Å²) in [4.78, 5) is 15.3. The number of thiophene rings is 1. The Balaban J connectivity index is 2.57. The molecule has 0 fully saturated rings. The van der Waals surface area contributed by atoms with E-state index in [4.69, 9.17) is 5.73 Å². The highest BCUT2D eigenvalue weighted by Gasteiger charge is 2.25. The average molecular weight is 268 g/mol. The molecule has 2 unspecified atom stereocenters. The maximum atomic E-state index is 12.2. The fraction of sp³-hybridized carbons (Fsp3) is 0.643. The third-order valence-corrected chi connectivity index (χ3v) is 4.53. The van der Waals surface area contributed by atoms with Crippen LogP contribution in [0.5, 0.6) is 0 Å². The molecule has 1 rings (SSSR count). The molecule has 1 aromatic rings. The largest absolute Gasteiger partial charge is 0.341 e. The number of likely N-dealkylation sites (N-methyl/N-ethyl adjacent to an activating group) is 1. The lowest BCUT2D eigenvalue weighted by molar-refractivity contribution is -0.134. The molecule has 1 heterocycles. The SMILES string of the molecule is CCC(C)[C@H](N)C(=O)N(C)C(C)Cc1cccs1. The Bertz CT molecular complexity index is 364. The predicted molar refractivity (Wildman–Crippen MR) is 77.7 cm³/mol. The Labute approximate surface area is 114 Å². The van der Waals surface area contributed by atoms with E-state index in [1.165, 1.54) is 4.88 Å². The summed E-state index contributed by atoms with van der Waals surface area (Å²) in [6.07, 6.45) is 1.83. The number of hydrogen-bond donors (Lipinski definition) is 1. The van der Waals surface area contributed by atoms with Crippen LogP contribution in [0.2, 0.25) is 0 Å². The fourth-order valence-corrected chi connectivity index (χ4v) is 2.63. The van der Waals surface area contributed by atoms with E-state index in [9.17, 15) is 4.79 Å². The van der Waals surface area contributed by atoms with Crippen LogP contribution in [0, 0.1) is 5.92 Å². The number of rotatable bonds is 6. The molecule has 3 nitrogen and oxygen atoms in total. The third-order valence-electron chi connectivity index (χ3n) is 3.63. The maximum Gasteiger partial charge on any atom is 0.239 e. The van der Waals surface area contributed by atoms with Crippen molar-refractivity contribution in [3.05, 3.63) is 22.4 Å². The summed E-state index contributed by atoms with van der Waals surface area (Å²) in [5, 5.41) is 2.06. The van der Waals surface area contributed by atoms with Crippen molar-refractivity contribution in [2.24, 2.45) is 11.7 Å². The molecule has 0 spiro atoms. The Morgan fingerprint density at radius 1 is 1.50 bits per heavy atom. The van der Waals surface area contributed by atoms with E-state index in [1.807, 2.05) is 20.0 Å². The topological polar surface area (TPSA) is 46.3 Å². The third kappa shape index (κ3) is 3.82. The van der Waals surface area contributed by atoms with E-state index in [2.05, 4.69) is 25.3 Å². The van der Waals surface area contributed by atoms with Crippen molar-refractivity contribution in [2.45, 2.75) is 45.7 Å². The van der Waals surface area contributed by atoms with Crippen molar-refractivity contribution in [1.29, 1.82) is 0 Å². The van der Waals surface area contributed by atoms with E-state index in [-0.39, 0.29) is 23.9 Å². The quantitative estimate of drug-likeness (QED) is 0.861. The van der Waals surface area contributed by atoms with Crippen LogP contribution in [0.1, 0.15) is 32.1 Å². The molecule has 0 radical (unpaired) electrons. The van der Waals surface area contributed by atoms with Crippen molar-refractivity contribution in [2.75, 3.05) is 7.05 Å². The Kier molecular flexibility index (Phi) is 5.82. The smallest absolute Gasteiger partial charge is 0.239 e. The van der Waals surface area contributed by atoms with Crippen LogP contribution in [0.25, 0.3) is 0 Å². The zero-order chi connectivity index (χ0) is 13.7. The van der Waals surface area contributed by atoms with Crippen LogP contribution < -0.4 is 5.73 Å². The van der Waals surface area contributed by atoms with Gasteiger partial charge in [-0.1, -0.05) is 26.3 Å². The number of hydrogen-bond acceptors (Lipinski definition) is 3. The second kappa shape index (κ2) is 6.90. The highest BCUT2D eigenvalue weighted by Crippen LogP contribution is 2.15. The van der Waals surface area contributed by atoms with Gasteiger partial charge in [-0.05, 0) is 24.3 Å². The van der Waals surface area contributed by atoms with Crippen molar-refractivity contribution in [3.63, 3.8) is 0 Å². The van der Waals surface area contributed by atoms with Crippen molar-refractivity contribution < 1.29 is 4.79 Å². The molecule has 0 aliphatic rings. The lowest BCUT2D eigenvalue weighted by Gasteiger charge is -2.29. The van der Waals surface area contributed by atoms with Gasteiger partial charge in [0.2, 0.25) is 5.91 Å². The van der Waals surface area contributed by atoms with Gasteiger partial charge in [0.15, 0.2) is 0 Å². The van der Waals surface area contributed by atoms with E-state index in [1.54, 1.807) is 16.2 Å². The molecule has 0 aliphatic carbocycles. The van der Waals surface area contributed by atoms with Crippen LogP contribution in [-0.4, -0.2) is 29.9 Å². The maximum absolute atomic E-state index is 12.2. The van der Waals surface area contributed by atoms with E-state index in [0.29, 0.717) is 0 Å². The summed E-state index contributed by atoms with van der Waals surface area (Å²) >= 11 is 1.73. The number of carbonyl (C=O) groups excluding carboxylic acids is 1. The van der Waals surface area contributed by atoms with Crippen LogP contribution in [0.3, 0.4) is 0 Å². The summed E-state index contributed by atoms with van der Waals surface area (Å²) in [6, 6.07) is 3.95. The molecule has 4 heteroatoms. The predicted octanol–water partition coefficient (Wildman–Crippen LogP) is 2.51. The normalized spacial score (nSPS) is 16.1. The fourth-order valence-electron chi connectivity index (χ4n) is 1.81. The van der Waals surface area contributed by atoms with Gasteiger partial charge in [0.1, 0.15) is 0 Å². The standard InChI is InChI=1S/C14H24N2OS/c1-5-10(2)13(15)14(17)16(4)11(3)9-12-7-6-8-18-12/h6-8,10-11,13H,5,9,15H2,1-4H3/t10?,11?,13-/m0/s1. The van der Waals surface area contributed by atoms with Gasteiger partial charge in [-0.25, -0.2) is 0 Å². The molecule has 0 aliphatic heterocycles. The first-order valence-corrected chi connectivity index (χ1v) is 7.40. The van der Waals surface area contributed by atoms with Gasteiger partial charge >= 0.3 is 0 Å². The number of nitrogens with zero attached hydrogens (tertiary/aromatic N) is 1. The Hall–Kier alpha value is -0.870. The van der Waals surface area contributed by atoms with Gasteiger partial charge < -0.3 is 10.6 Å². The highest BCUT2D eigenvalue weighted by molar-refractivity contribution is 7.09. The van der Waals surface area contributed by atoms with Crippen LogP contribution in [0.15, 0.2) is 17.5 Å². The van der Waals surface area contributed by atoms with Crippen LogP contribution in [0.4, 0.5) is 0 Å². The van der Waals surface area contributed by atoms with Gasteiger partial charge in [-0.3, -0.25) is 4.79 Å². The first kappa shape index (κ1) is 15.2. The molecule has 102 valence electrons. The van der Waals surface area contributed by atoms with E-state index < -0.39 is 0 Å². The lowest BCUT2D eigenvalue weighted by atomic mass is 9.98. The summed E-state index contributed by atoms with van der Waals surface area (Å²) in [5.74, 6) is 0.280. The zero-order valence-electron chi connectivity index (χ0n) is 11.7. The molecule has 3 atom stereocenters. The van der Waals surface area contributed by atoms with Crippen LogP contribution in [-0.2, 0) is 11.2 Å². The first-order chi connectivity index (χ1) is 8.47. The van der Waals surface area contributed by atoms with Crippen molar-refractivity contribution in [3.8, 4) is 0 Å². The molecular weight excluding hydrogens is 244 g/mol. The second-order valence-corrected chi connectivity index (χ2v) is 6.03. The zero-order valence-corrected chi connectivity index (χ0v) is 12.5. The molecule has 1 amide bonds. The van der Waals surface area contributed by atoms with E-state index in [0.717, 1.165) is 12.8 Å². The molecule has 0 bridgehead atoms. The molecule has 0 saturated heterocycles. The summed E-state index contributed by atoms with van der Waals surface area (Å²) in [6.45, 7) is 6.16. The minimum absolute atomic E-state index is 0.0495. The monoisotopic (exact) mass is 268 g/mol. The van der Waals surface area contributed by atoms with Gasteiger partial charge in [-0.15, -0.1) is 11.3 Å². The summed E-state index contributed by atoms with van der Waals surface area (Å²) < 4.78 is 0.